The van der Waals surface area contributed by atoms with Gasteiger partial charge in [-0.3, -0.25) is 9.48 Å². The number of hydrogen-bond donors (Lipinski definition) is 2. The van der Waals surface area contributed by atoms with Crippen LogP contribution in [0.25, 0.3) is 22.2 Å². The number of rotatable bonds is 7. The molecule has 4 heterocycles. The number of benzene rings is 2. The maximum absolute atomic E-state index is 12.8. The third kappa shape index (κ3) is 4.96. The lowest BCUT2D eigenvalue weighted by Gasteiger charge is -2.28. The van der Waals surface area contributed by atoms with Crippen molar-refractivity contribution in [3.05, 3.63) is 101 Å². The van der Waals surface area contributed by atoms with Gasteiger partial charge in [0.25, 0.3) is 5.56 Å². The van der Waals surface area contributed by atoms with E-state index in [0.717, 1.165) is 67.4 Å². The van der Waals surface area contributed by atoms with E-state index < -0.39 is 0 Å². The number of H-pyrrole nitrogens is 1. The molecule has 1 fully saturated rings. The summed E-state index contributed by atoms with van der Waals surface area (Å²) in [5.41, 5.74) is 4.76. The molecule has 2 aromatic carbocycles. The number of nitrogens with zero attached hydrogens (tertiary/aromatic N) is 4. The minimum atomic E-state index is -0.179. The van der Waals surface area contributed by atoms with Gasteiger partial charge in [-0.1, -0.05) is 30.3 Å². The van der Waals surface area contributed by atoms with E-state index >= 15 is 0 Å². The minimum absolute atomic E-state index is 0.179. The average molecular weight is 493 g/mol. The second kappa shape index (κ2) is 10.3. The van der Waals surface area contributed by atoms with Crippen molar-refractivity contribution < 1.29 is 4.74 Å². The molecule has 1 aliphatic heterocycles. The Hall–Kier alpha value is -4.43. The van der Waals surface area contributed by atoms with E-state index in [4.69, 9.17) is 9.72 Å². The summed E-state index contributed by atoms with van der Waals surface area (Å²) in [5.74, 6) is 0.518. The molecule has 1 aliphatic rings. The summed E-state index contributed by atoms with van der Waals surface area (Å²) in [5, 5.41) is 9.28. The molecule has 5 aromatic rings. The first kappa shape index (κ1) is 23.0. The highest BCUT2D eigenvalue weighted by molar-refractivity contribution is 5.95. The molecule has 8 nitrogen and oxygen atoms in total. The zero-order valence-electron chi connectivity index (χ0n) is 20.4. The number of morpholine rings is 1. The Morgan fingerprint density at radius 2 is 1.78 bits per heavy atom. The molecule has 0 spiro atoms. The third-order valence-electron chi connectivity index (χ3n) is 6.69. The zero-order chi connectivity index (χ0) is 25.0. The smallest absolute Gasteiger partial charge is 0.259 e. The summed E-state index contributed by atoms with van der Waals surface area (Å²) in [4.78, 5) is 22.8. The predicted molar refractivity (Wildman–Crippen MR) is 146 cm³/mol. The number of anilines is 3. The Kier molecular flexibility index (Phi) is 6.39. The maximum Gasteiger partial charge on any atom is 0.259 e. The first-order valence-electron chi connectivity index (χ1n) is 12.5. The van der Waals surface area contributed by atoms with Gasteiger partial charge < -0.3 is 19.9 Å². The molecular weight excluding hydrogens is 464 g/mol. The zero-order valence-corrected chi connectivity index (χ0v) is 20.4. The Bertz CT molecular complexity index is 1550. The number of hydrogen-bond acceptors (Lipinski definition) is 6. The SMILES string of the molecule is O=c1[nH]ccc2cc(-c3ccnn3CCc3ccccc3)nc(Nc3ccc(N4CCOCC4)cc3)c12. The molecule has 0 unspecified atom stereocenters. The van der Waals surface area contributed by atoms with Crippen LogP contribution in [0.5, 0.6) is 0 Å². The highest BCUT2D eigenvalue weighted by Crippen LogP contribution is 2.29. The molecule has 186 valence electrons. The van der Waals surface area contributed by atoms with Crippen molar-refractivity contribution in [3.63, 3.8) is 0 Å². The van der Waals surface area contributed by atoms with E-state index in [0.29, 0.717) is 11.2 Å². The molecule has 0 amide bonds. The van der Waals surface area contributed by atoms with Crippen LogP contribution in [0.4, 0.5) is 17.2 Å². The van der Waals surface area contributed by atoms with Gasteiger partial charge in [0.15, 0.2) is 0 Å². The Balaban J connectivity index is 1.32. The van der Waals surface area contributed by atoms with Crippen molar-refractivity contribution in [2.75, 3.05) is 36.5 Å². The summed E-state index contributed by atoms with van der Waals surface area (Å²) < 4.78 is 7.43. The number of pyridine rings is 2. The van der Waals surface area contributed by atoms with Gasteiger partial charge in [-0.25, -0.2) is 4.98 Å². The summed E-state index contributed by atoms with van der Waals surface area (Å²) in [7, 11) is 0. The Labute approximate surface area is 214 Å². The van der Waals surface area contributed by atoms with Crippen LogP contribution in [0.1, 0.15) is 5.56 Å². The minimum Gasteiger partial charge on any atom is -0.378 e. The fraction of sp³-hybridized carbons (Fsp3) is 0.207. The largest absolute Gasteiger partial charge is 0.378 e. The summed E-state index contributed by atoms with van der Waals surface area (Å²) in [6, 6.07) is 24.4. The highest BCUT2D eigenvalue weighted by atomic mass is 16.5. The van der Waals surface area contributed by atoms with Crippen LogP contribution in [0.2, 0.25) is 0 Å². The molecular formula is C29H28N6O2. The molecule has 0 radical (unpaired) electrons. The van der Waals surface area contributed by atoms with Crippen LogP contribution in [0.3, 0.4) is 0 Å². The van der Waals surface area contributed by atoms with Gasteiger partial charge >= 0.3 is 0 Å². The molecule has 2 N–H and O–H groups in total. The van der Waals surface area contributed by atoms with E-state index in [1.54, 1.807) is 12.4 Å². The van der Waals surface area contributed by atoms with Gasteiger partial charge in [-0.2, -0.15) is 5.10 Å². The quantitative estimate of drug-likeness (QED) is 0.345. The van der Waals surface area contributed by atoms with Gasteiger partial charge in [-0.05, 0) is 59.8 Å². The van der Waals surface area contributed by atoms with Crippen molar-refractivity contribution in [3.8, 4) is 11.4 Å². The van der Waals surface area contributed by atoms with Crippen LogP contribution < -0.4 is 15.8 Å². The van der Waals surface area contributed by atoms with Crippen molar-refractivity contribution in [1.82, 2.24) is 19.7 Å². The average Bonchev–Trinajstić information content (AvgIpc) is 3.42. The van der Waals surface area contributed by atoms with Crippen LogP contribution in [-0.2, 0) is 17.7 Å². The topological polar surface area (TPSA) is 88.1 Å². The maximum atomic E-state index is 12.8. The van der Waals surface area contributed by atoms with Gasteiger partial charge in [0.05, 0.1) is 30.0 Å². The number of fused-ring (bicyclic) bond motifs is 1. The second-order valence-corrected chi connectivity index (χ2v) is 9.07. The number of aromatic amines is 1. The summed E-state index contributed by atoms with van der Waals surface area (Å²) >= 11 is 0. The van der Waals surface area contributed by atoms with Crippen molar-refractivity contribution >= 4 is 28.0 Å². The van der Waals surface area contributed by atoms with Crippen molar-refractivity contribution in [1.29, 1.82) is 0 Å². The van der Waals surface area contributed by atoms with Gasteiger partial charge in [0, 0.05) is 43.4 Å². The fourth-order valence-corrected chi connectivity index (χ4v) is 4.76. The molecule has 8 heteroatoms. The first-order chi connectivity index (χ1) is 18.2. The van der Waals surface area contributed by atoms with Gasteiger partial charge in [-0.15, -0.1) is 0 Å². The van der Waals surface area contributed by atoms with E-state index in [-0.39, 0.29) is 5.56 Å². The standard InChI is InChI=1S/C29H28N6O2/c36-29-27-22(10-13-30-29)20-25(26-11-14-31-35(26)15-12-21-4-2-1-3-5-21)33-28(27)32-23-6-8-24(9-7-23)34-16-18-37-19-17-34/h1-11,13-14,20H,12,15-19H2,(H,30,36)(H,32,33). The number of aryl methyl sites for hydroxylation is 2. The van der Waals surface area contributed by atoms with Crippen LogP contribution in [0.15, 0.2) is 90.0 Å². The number of ether oxygens (including phenoxy) is 1. The molecule has 1 saturated heterocycles. The molecule has 0 bridgehead atoms. The lowest BCUT2D eigenvalue weighted by Crippen LogP contribution is -2.36. The molecule has 37 heavy (non-hydrogen) atoms. The normalized spacial score (nSPS) is 13.7. The van der Waals surface area contributed by atoms with E-state index in [1.165, 1.54) is 5.56 Å². The van der Waals surface area contributed by atoms with Gasteiger partial charge in [0.2, 0.25) is 0 Å². The third-order valence-corrected chi connectivity index (χ3v) is 6.69. The van der Waals surface area contributed by atoms with Crippen LogP contribution in [0, 0.1) is 0 Å². The van der Waals surface area contributed by atoms with Crippen molar-refractivity contribution in [2.24, 2.45) is 0 Å². The van der Waals surface area contributed by atoms with Gasteiger partial charge in [0.1, 0.15) is 5.82 Å². The van der Waals surface area contributed by atoms with E-state index in [2.05, 4.69) is 44.6 Å². The van der Waals surface area contributed by atoms with E-state index in [1.807, 2.05) is 53.2 Å². The Morgan fingerprint density at radius 1 is 0.973 bits per heavy atom. The molecule has 0 atom stereocenters. The fourth-order valence-electron chi connectivity index (χ4n) is 4.76. The van der Waals surface area contributed by atoms with Crippen LogP contribution in [-0.4, -0.2) is 46.1 Å². The number of aromatic nitrogens is 4. The number of nitrogens with one attached hydrogen (secondary N) is 2. The van der Waals surface area contributed by atoms with Crippen LogP contribution >= 0.6 is 0 Å². The van der Waals surface area contributed by atoms with E-state index in [9.17, 15) is 4.79 Å². The molecule has 6 rings (SSSR count). The molecule has 0 saturated carbocycles. The monoisotopic (exact) mass is 492 g/mol. The highest BCUT2D eigenvalue weighted by Gasteiger charge is 2.15. The summed E-state index contributed by atoms with van der Waals surface area (Å²) in [6.45, 7) is 3.98. The Morgan fingerprint density at radius 3 is 2.59 bits per heavy atom. The summed E-state index contributed by atoms with van der Waals surface area (Å²) in [6.07, 6.45) is 4.33. The predicted octanol–water partition coefficient (Wildman–Crippen LogP) is 4.61. The molecule has 3 aromatic heterocycles. The van der Waals surface area contributed by atoms with Crippen molar-refractivity contribution in [2.45, 2.75) is 13.0 Å². The lowest BCUT2D eigenvalue weighted by molar-refractivity contribution is 0.122. The first-order valence-corrected chi connectivity index (χ1v) is 12.5. The second-order valence-electron chi connectivity index (χ2n) is 9.07. The lowest BCUT2D eigenvalue weighted by atomic mass is 10.1. The molecule has 0 aliphatic carbocycles.